The first-order valence-electron chi connectivity index (χ1n) is 16.6. The normalized spacial score (nSPS) is 58.2. The molecule has 0 saturated carbocycles. The molecule has 0 N–H and O–H groups in total. The van der Waals surface area contributed by atoms with E-state index in [9.17, 15) is 0 Å². The Morgan fingerprint density at radius 2 is 0.683 bits per heavy atom. The van der Waals surface area contributed by atoms with Crippen LogP contribution in [-0.4, -0.2) is 5.73 Å². The van der Waals surface area contributed by atoms with Gasteiger partial charge in [0.15, 0.2) is 0 Å². The average Bonchev–Trinajstić information content (AvgIpc) is 3.93. The van der Waals surface area contributed by atoms with Crippen molar-refractivity contribution >= 4 is 37.1 Å². The minimum absolute atomic E-state index is 0.360. The zero-order valence-electron chi connectivity index (χ0n) is 24.3. The van der Waals surface area contributed by atoms with Gasteiger partial charge < -0.3 is 0 Å². The fourth-order valence-corrected chi connectivity index (χ4v) is 310. The van der Waals surface area contributed by atoms with Crippen LogP contribution in [-0.2, 0) is 11.4 Å². The predicted molar refractivity (Wildman–Crippen MR) is 173 cm³/mol. The molecule has 4 unspecified atom stereocenters. The van der Waals surface area contributed by atoms with Crippen LogP contribution in [0.25, 0.3) is 0 Å². The van der Waals surface area contributed by atoms with E-state index in [4.69, 9.17) is 0 Å². The molecular weight excluding hydrogens is 610 g/mol. The number of hydrogen-bond acceptors (Lipinski definition) is 0. The Hall–Kier alpha value is -1.38. The van der Waals surface area contributed by atoms with Gasteiger partial charge >= 0.3 is 230 Å². The molecule has 4 aromatic rings. The number of benzene rings is 4. The molecule has 0 radical (unpaired) electrons. The van der Waals surface area contributed by atoms with E-state index < -0.39 is 11.4 Å². The summed E-state index contributed by atoms with van der Waals surface area (Å²) in [5, 5.41) is 7.12. The van der Waals surface area contributed by atoms with Crippen LogP contribution in [0.4, 0.5) is 0 Å². The van der Waals surface area contributed by atoms with Gasteiger partial charge in [0.2, 0.25) is 0 Å². The van der Waals surface area contributed by atoms with Crippen LogP contribution < -0.4 is 21.2 Å². The van der Waals surface area contributed by atoms with Crippen LogP contribution in [0.1, 0.15) is 22.3 Å². The first-order valence-corrected chi connectivity index (χ1v) is 33.1. The Labute approximate surface area is 228 Å². The van der Waals surface area contributed by atoms with Gasteiger partial charge in [-0.1, -0.05) is 0 Å². The van der Waals surface area contributed by atoms with Gasteiger partial charge in [-0.05, 0) is 0 Å². The van der Waals surface area contributed by atoms with Gasteiger partial charge in [0.1, 0.15) is 0 Å². The fraction of sp³-hybridized carbons (Fsp3) is 0.368. The van der Waals surface area contributed by atoms with Gasteiger partial charge in [0, 0.05) is 0 Å². The van der Waals surface area contributed by atoms with Crippen molar-refractivity contribution in [3.63, 3.8) is 0 Å². The molecule has 0 amide bonds. The molecule has 10 heterocycles. The summed E-state index contributed by atoms with van der Waals surface area (Å²) in [6.07, 6.45) is 0. The predicted octanol–water partition coefficient (Wildman–Crippen LogP) is 8.69. The first-order chi connectivity index (χ1) is 19.8. The Morgan fingerprint density at radius 3 is 0.902 bits per heavy atom. The summed E-state index contributed by atoms with van der Waals surface area (Å²) < 4.78 is 11.8. The summed E-state index contributed by atoms with van der Waals surface area (Å²) in [6, 6.07) is 39.0. The van der Waals surface area contributed by atoms with Gasteiger partial charge in [-0.3, -0.25) is 0 Å². The second kappa shape index (κ2) is 3.46. The summed E-state index contributed by atoms with van der Waals surface area (Å²) in [5.41, 5.74) is 6.31. The number of aryl methyl sites for hydroxylation is 4. The topological polar surface area (TPSA) is 0 Å². The Bertz CT molecular complexity index is 2140. The van der Waals surface area contributed by atoms with Crippen molar-refractivity contribution in [2.75, 3.05) is 0 Å². The molecule has 1 spiro atoms. The third-order valence-electron chi connectivity index (χ3n) is 26.4. The number of hydrogen-bond donors (Lipinski definition) is 0. The van der Waals surface area contributed by atoms with E-state index in [-0.39, 0.29) is 15.8 Å². The van der Waals surface area contributed by atoms with Gasteiger partial charge in [-0.25, -0.2) is 0 Å². The molecule has 10 saturated heterocycles. The van der Waals surface area contributed by atoms with E-state index in [1.807, 2.05) is 0 Å². The van der Waals surface area contributed by atoms with E-state index in [0.717, 1.165) is 5.73 Å². The van der Waals surface area contributed by atoms with Crippen molar-refractivity contribution in [3.8, 4) is 0 Å². The first kappa shape index (κ1) is 21.3. The van der Waals surface area contributed by atoms with Crippen molar-refractivity contribution in [1.82, 2.24) is 0 Å². The Morgan fingerprint density at radius 1 is 0.415 bits per heavy atom. The molecule has 0 bridgehead atoms. The summed E-state index contributed by atoms with van der Waals surface area (Å²) in [5.74, 6) is 0. The van der Waals surface area contributed by atoms with Crippen LogP contribution in [0, 0.1) is 27.7 Å². The van der Waals surface area contributed by atoms with Crippen molar-refractivity contribution in [1.29, 1.82) is 0 Å². The van der Waals surface area contributed by atoms with Crippen LogP contribution in [0.15, 0.2) is 97.1 Å². The quantitative estimate of drug-likeness (QED) is 0.184. The number of rotatable bonds is 6. The minimum atomic E-state index is -4.59. The second-order valence-corrected chi connectivity index (χ2v) is 79.0. The molecule has 0 nitrogen and oxygen atoms in total. The molecule has 0 aromatic heterocycles. The SMILES string of the molecule is Cc1ccccc1P(c1ccccc1C)[C]12[CH]3[CH]4[CH]5[C]1(P(c1ccccc1C)c1ccccc1C)[Zr]43521678[CH]2[CH]1[CH]6[CH]7[CH]28. The molecule has 4 aromatic carbocycles. The van der Waals surface area contributed by atoms with E-state index >= 15 is 0 Å². The molecule has 10 fully saturated rings. The molecule has 3 heteroatoms. The van der Waals surface area contributed by atoms with E-state index in [2.05, 4.69) is 125 Å². The van der Waals surface area contributed by atoms with Crippen LogP contribution in [0.2, 0.25) is 29.0 Å². The van der Waals surface area contributed by atoms with E-state index in [0.29, 0.717) is 0 Å². The summed E-state index contributed by atoms with van der Waals surface area (Å²) >= 11 is -4.59. The van der Waals surface area contributed by atoms with Crippen molar-refractivity contribution < 1.29 is 11.4 Å². The van der Waals surface area contributed by atoms with Crippen LogP contribution in [0.3, 0.4) is 0 Å². The molecule has 0 aliphatic carbocycles. The van der Waals surface area contributed by atoms with Crippen molar-refractivity contribution in [2.24, 2.45) is 0 Å². The third-order valence-corrected chi connectivity index (χ3v) is 145. The van der Waals surface area contributed by atoms with Gasteiger partial charge in [0.05, 0.1) is 0 Å². The Kier molecular flexibility index (Phi) is 1.80. The average molecular weight is 646 g/mol. The Balaban J connectivity index is 1.18. The van der Waals surface area contributed by atoms with Gasteiger partial charge in [0.25, 0.3) is 0 Å². The summed E-state index contributed by atoms with van der Waals surface area (Å²) in [7, 11) is -0.719. The van der Waals surface area contributed by atoms with Gasteiger partial charge in [-0.15, -0.1) is 0 Å². The summed E-state index contributed by atoms with van der Waals surface area (Å²) in [4.78, 5) is 0. The van der Waals surface area contributed by atoms with Crippen molar-refractivity contribution in [3.05, 3.63) is 119 Å². The zero-order chi connectivity index (χ0) is 27.0. The second-order valence-electron chi connectivity index (χ2n) is 20.6. The van der Waals surface area contributed by atoms with Crippen LogP contribution in [0.5, 0.6) is 0 Å². The molecule has 14 rings (SSSR count). The molecular formula is C38H36P2Zr. The number of fused-ring (bicyclic) bond motifs is 10. The summed E-state index contributed by atoms with van der Waals surface area (Å²) in [6.45, 7) is 9.82. The molecule has 10 aliphatic rings. The van der Waals surface area contributed by atoms with Crippen molar-refractivity contribution in [2.45, 2.75) is 62.4 Å². The molecule has 41 heavy (non-hydrogen) atoms. The zero-order valence-corrected chi connectivity index (χ0v) is 28.5. The van der Waals surface area contributed by atoms with E-state index in [1.165, 1.54) is 29.0 Å². The monoisotopic (exact) mass is 644 g/mol. The van der Waals surface area contributed by atoms with E-state index in [1.54, 1.807) is 43.5 Å². The third kappa shape index (κ3) is 0.585. The van der Waals surface area contributed by atoms with Gasteiger partial charge in [-0.2, -0.15) is 0 Å². The maximum atomic E-state index is 2.61. The molecule has 4 atom stereocenters. The standard InChI is InChI=1S/C33H31P2.C5H5.Zr/c1-24-14-5-9-18-28(24)34(29-19-10-6-15-25(29)2)32-22-13-23-33(32)35(30-20-11-7-16-26(30)3)31-21-12-8-17-27(31)4;1-2-4-5-3-1;/h5-23H,1-4H3;1-5H;. The fourth-order valence-electron chi connectivity index (χ4n) is 29.7. The molecule has 202 valence electrons. The van der Waals surface area contributed by atoms with Crippen LogP contribution >= 0.6 is 15.8 Å². The maximum absolute atomic E-state index is 4.59. The molecule has 10 aliphatic heterocycles.